The van der Waals surface area contributed by atoms with Gasteiger partial charge in [0.05, 0.1) is 24.6 Å². The number of pyridine rings is 1. The van der Waals surface area contributed by atoms with Crippen molar-refractivity contribution < 1.29 is 4.74 Å². The van der Waals surface area contributed by atoms with Crippen LogP contribution in [0.15, 0.2) is 49.3 Å². The third-order valence-corrected chi connectivity index (χ3v) is 4.70. The van der Waals surface area contributed by atoms with E-state index in [0.717, 1.165) is 44.0 Å². The second-order valence-corrected chi connectivity index (χ2v) is 6.60. The van der Waals surface area contributed by atoms with Crippen LogP contribution < -0.4 is 4.74 Å². The Morgan fingerprint density at radius 3 is 2.96 bits per heavy atom. The van der Waals surface area contributed by atoms with Gasteiger partial charge in [0.15, 0.2) is 0 Å². The van der Waals surface area contributed by atoms with Crippen LogP contribution in [-0.2, 0) is 13.6 Å². The van der Waals surface area contributed by atoms with E-state index in [1.54, 1.807) is 18.6 Å². The van der Waals surface area contributed by atoms with Crippen molar-refractivity contribution in [2.24, 2.45) is 7.05 Å². The fourth-order valence-electron chi connectivity index (χ4n) is 3.33. The van der Waals surface area contributed by atoms with Crippen molar-refractivity contribution in [2.45, 2.75) is 25.3 Å². The lowest BCUT2D eigenvalue weighted by Gasteiger charge is -2.32. The Hall–Kier alpha value is -2.80. The molecule has 1 aliphatic heterocycles. The zero-order valence-electron chi connectivity index (χ0n) is 14.8. The molecule has 1 saturated heterocycles. The van der Waals surface area contributed by atoms with Gasteiger partial charge in [-0.1, -0.05) is 0 Å². The molecule has 134 valence electrons. The highest BCUT2D eigenvalue weighted by Gasteiger charge is 2.24. The molecule has 0 N–H and O–H groups in total. The molecule has 3 aromatic rings. The second kappa shape index (κ2) is 7.61. The number of piperidine rings is 1. The molecule has 4 rings (SSSR count). The van der Waals surface area contributed by atoms with Crippen LogP contribution in [0.2, 0.25) is 0 Å². The van der Waals surface area contributed by atoms with Gasteiger partial charge < -0.3 is 9.30 Å². The zero-order chi connectivity index (χ0) is 17.8. The largest absolute Gasteiger partial charge is 0.436 e. The van der Waals surface area contributed by atoms with Gasteiger partial charge in [0.1, 0.15) is 11.6 Å². The maximum atomic E-state index is 5.77. The average molecular weight is 350 g/mol. The molecular weight excluding hydrogens is 328 g/mol. The molecular formula is C19H22N6O. The van der Waals surface area contributed by atoms with Crippen molar-refractivity contribution in [1.29, 1.82) is 0 Å². The van der Waals surface area contributed by atoms with Crippen LogP contribution >= 0.6 is 0 Å². The highest BCUT2D eigenvalue weighted by atomic mass is 16.5. The lowest BCUT2D eigenvalue weighted by Crippen LogP contribution is -2.35. The number of aromatic nitrogens is 5. The molecule has 7 heteroatoms. The van der Waals surface area contributed by atoms with Crippen LogP contribution in [0, 0.1) is 0 Å². The Bertz CT molecular complexity index is 850. The minimum absolute atomic E-state index is 0.356. The Morgan fingerprint density at radius 1 is 1.19 bits per heavy atom. The summed E-state index contributed by atoms with van der Waals surface area (Å²) in [5.41, 5.74) is 0.982. The Labute approximate surface area is 152 Å². The second-order valence-electron chi connectivity index (χ2n) is 6.60. The SMILES string of the molecule is Cn1ccnc1CN1CCC[C@H](c2cncc(Oc3cccnc3)n2)C1. The predicted octanol–water partition coefficient (Wildman–Crippen LogP) is 2.78. The third-order valence-electron chi connectivity index (χ3n) is 4.70. The van der Waals surface area contributed by atoms with Crippen LogP contribution in [0.1, 0.15) is 30.3 Å². The summed E-state index contributed by atoms with van der Waals surface area (Å²) in [6, 6.07) is 3.69. The molecule has 3 aromatic heterocycles. The van der Waals surface area contributed by atoms with Crippen LogP contribution in [0.4, 0.5) is 0 Å². The molecule has 0 spiro atoms. The normalized spacial score (nSPS) is 18.0. The first-order chi connectivity index (χ1) is 12.8. The number of imidazole rings is 1. The van der Waals surface area contributed by atoms with Crippen molar-refractivity contribution in [2.75, 3.05) is 13.1 Å². The lowest BCUT2D eigenvalue weighted by molar-refractivity contribution is 0.192. The molecule has 0 aromatic carbocycles. The van der Waals surface area contributed by atoms with Gasteiger partial charge in [0.25, 0.3) is 0 Å². The van der Waals surface area contributed by atoms with Crippen molar-refractivity contribution >= 4 is 0 Å². The number of likely N-dealkylation sites (tertiary alicyclic amines) is 1. The van der Waals surface area contributed by atoms with Gasteiger partial charge in [-0.3, -0.25) is 14.9 Å². The van der Waals surface area contributed by atoms with Crippen LogP contribution in [0.3, 0.4) is 0 Å². The first kappa shape index (κ1) is 16.7. The summed E-state index contributed by atoms with van der Waals surface area (Å²) in [6.45, 7) is 2.90. The maximum absolute atomic E-state index is 5.77. The number of aryl methyl sites for hydroxylation is 1. The Morgan fingerprint density at radius 2 is 2.15 bits per heavy atom. The molecule has 0 saturated carbocycles. The Kier molecular flexibility index (Phi) is 4.88. The highest BCUT2D eigenvalue weighted by molar-refractivity contribution is 5.23. The summed E-state index contributed by atoms with van der Waals surface area (Å²) in [6.07, 6.45) is 13.0. The lowest BCUT2D eigenvalue weighted by atomic mass is 9.95. The monoisotopic (exact) mass is 350 g/mol. The fourth-order valence-corrected chi connectivity index (χ4v) is 3.33. The third kappa shape index (κ3) is 3.88. The van der Waals surface area contributed by atoms with Crippen molar-refractivity contribution in [3.63, 3.8) is 0 Å². The first-order valence-corrected chi connectivity index (χ1v) is 8.86. The van der Waals surface area contributed by atoms with E-state index in [-0.39, 0.29) is 0 Å². The van der Waals surface area contributed by atoms with Crippen molar-refractivity contribution in [3.8, 4) is 11.6 Å². The van der Waals surface area contributed by atoms with E-state index in [2.05, 4.69) is 29.4 Å². The first-order valence-electron chi connectivity index (χ1n) is 8.86. The van der Waals surface area contributed by atoms with E-state index < -0.39 is 0 Å². The van der Waals surface area contributed by atoms with E-state index in [9.17, 15) is 0 Å². The molecule has 1 atom stereocenters. The number of nitrogens with zero attached hydrogens (tertiary/aromatic N) is 6. The predicted molar refractivity (Wildman–Crippen MR) is 96.8 cm³/mol. The standard InChI is InChI=1S/C19H22N6O/c1-24-9-7-22-18(24)14-25-8-3-4-15(13-25)17-11-21-12-19(23-17)26-16-5-2-6-20-10-16/h2,5-7,9-12,15H,3-4,8,13-14H2,1H3/t15-/m0/s1. The Balaban J connectivity index is 1.45. The molecule has 4 heterocycles. The summed E-state index contributed by atoms with van der Waals surface area (Å²) >= 11 is 0. The minimum atomic E-state index is 0.356. The van der Waals surface area contributed by atoms with Crippen LogP contribution in [0.25, 0.3) is 0 Å². The molecule has 0 unspecified atom stereocenters. The zero-order valence-corrected chi connectivity index (χ0v) is 14.8. The van der Waals surface area contributed by atoms with Gasteiger partial charge in [0, 0.05) is 44.3 Å². The molecule has 1 aliphatic rings. The molecule has 1 fully saturated rings. The maximum Gasteiger partial charge on any atom is 0.238 e. The average Bonchev–Trinajstić information content (AvgIpc) is 3.08. The van der Waals surface area contributed by atoms with Gasteiger partial charge in [-0.2, -0.15) is 0 Å². The molecule has 0 amide bonds. The summed E-state index contributed by atoms with van der Waals surface area (Å²) in [4.78, 5) is 19.9. The van der Waals surface area contributed by atoms with Gasteiger partial charge >= 0.3 is 0 Å². The van der Waals surface area contributed by atoms with E-state index in [4.69, 9.17) is 4.74 Å². The quantitative estimate of drug-likeness (QED) is 0.705. The summed E-state index contributed by atoms with van der Waals surface area (Å²) in [5, 5.41) is 0. The smallest absolute Gasteiger partial charge is 0.238 e. The fraction of sp³-hybridized carbons (Fsp3) is 0.368. The number of hydrogen-bond donors (Lipinski definition) is 0. The molecule has 0 radical (unpaired) electrons. The van der Waals surface area contributed by atoms with Crippen molar-refractivity contribution in [1.82, 2.24) is 29.4 Å². The van der Waals surface area contributed by atoms with E-state index >= 15 is 0 Å². The number of ether oxygens (including phenoxy) is 1. The summed E-state index contributed by atoms with van der Waals surface area (Å²) < 4.78 is 7.85. The van der Waals surface area contributed by atoms with E-state index in [1.807, 2.05) is 37.8 Å². The number of rotatable bonds is 5. The molecule has 26 heavy (non-hydrogen) atoms. The highest BCUT2D eigenvalue weighted by Crippen LogP contribution is 2.27. The van der Waals surface area contributed by atoms with Gasteiger partial charge in [-0.05, 0) is 31.5 Å². The van der Waals surface area contributed by atoms with Gasteiger partial charge in [-0.15, -0.1) is 0 Å². The van der Waals surface area contributed by atoms with Crippen LogP contribution in [-0.4, -0.2) is 42.5 Å². The minimum Gasteiger partial charge on any atom is -0.436 e. The van der Waals surface area contributed by atoms with E-state index in [1.165, 1.54) is 0 Å². The van der Waals surface area contributed by atoms with Crippen molar-refractivity contribution in [3.05, 3.63) is 60.8 Å². The number of hydrogen-bond acceptors (Lipinski definition) is 6. The van der Waals surface area contributed by atoms with E-state index in [0.29, 0.717) is 17.5 Å². The summed E-state index contributed by atoms with van der Waals surface area (Å²) in [7, 11) is 2.04. The summed E-state index contributed by atoms with van der Waals surface area (Å²) in [5.74, 6) is 2.62. The molecule has 0 bridgehead atoms. The molecule has 0 aliphatic carbocycles. The van der Waals surface area contributed by atoms with Crippen LogP contribution in [0.5, 0.6) is 11.6 Å². The molecule has 7 nitrogen and oxygen atoms in total. The van der Waals surface area contributed by atoms with Gasteiger partial charge in [-0.25, -0.2) is 9.97 Å². The topological polar surface area (TPSA) is 69.0 Å². The van der Waals surface area contributed by atoms with Gasteiger partial charge in [0.2, 0.25) is 5.88 Å².